The van der Waals surface area contributed by atoms with Gasteiger partial charge in [-0.25, -0.2) is 0 Å². The van der Waals surface area contributed by atoms with E-state index in [0.717, 1.165) is 23.0 Å². The van der Waals surface area contributed by atoms with Gasteiger partial charge in [0.15, 0.2) is 5.58 Å². The number of carbonyl (C=O) groups is 1. The summed E-state index contributed by atoms with van der Waals surface area (Å²) in [5.74, 6) is 0.479. The van der Waals surface area contributed by atoms with Crippen LogP contribution < -0.4 is 5.32 Å². The summed E-state index contributed by atoms with van der Waals surface area (Å²) in [4.78, 5) is 12.4. The highest BCUT2D eigenvalue weighted by molar-refractivity contribution is 5.96. The maximum Gasteiger partial charge on any atom is 0.230 e. The van der Waals surface area contributed by atoms with Gasteiger partial charge in [-0.3, -0.25) is 4.79 Å². The third kappa shape index (κ3) is 3.20. The largest absolute Gasteiger partial charge is 0.356 e. The predicted molar refractivity (Wildman–Crippen MR) is 103 cm³/mol. The Morgan fingerprint density at radius 3 is 2.88 bits per heavy atom. The van der Waals surface area contributed by atoms with Gasteiger partial charge in [-0.1, -0.05) is 31.1 Å². The zero-order valence-electron chi connectivity index (χ0n) is 14.9. The molecule has 0 saturated heterocycles. The molecule has 0 saturated carbocycles. The lowest BCUT2D eigenvalue weighted by molar-refractivity contribution is -0.115. The first kappa shape index (κ1) is 16.4. The normalized spacial score (nSPS) is 11.5. The molecule has 0 spiro atoms. The van der Waals surface area contributed by atoms with E-state index in [1.165, 1.54) is 5.52 Å². The second-order valence-electron chi connectivity index (χ2n) is 6.99. The van der Waals surface area contributed by atoms with E-state index < -0.39 is 0 Å². The summed E-state index contributed by atoms with van der Waals surface area (Å²) >= 11 is 0. The third-order valence-electron chi connectivity index (χ3n) is 4.40. The molecular formula is C21H21N3O2. The topological polar surface area (TPSA) is 60.1 Å². The van der Waals surface area contributed by atoms with Crippen LogP contribution in [-0.4, -0.2) is 15.6 Å². The maximum absolute atomic E-state index is 12.4. The molecule has 0 fully saturated rings. The van der Waals surface area contributed by atoms with Gasteiger partial charge in [0, 0.05) is 34.7 Å². The molecule has 0 aliphatic rings. The number of para-hydroxylation sites is 1. The van der Waals surface area contributed by atoms with Crippen LogP contribution in [0.4, 0.5) is 5.69 Å². The predicted octanol–water partition coefficient (Wildman–Crippen LogP) is 4.62. The fourth-order valence-electron chi connectivity index (χ4n) is 3.25. The summed E-state index contributed by atoms with van der Waals surface area (Å²) in [6.45, 7) is 5.39. The first-order chi connectivity index (χ1) is 12.6. The van der Waals surface area contributed by atoms with Crippen molar-refractivity contribution in [2.45, 2.75) is 26.8 Å². The zero-order valence-corrected chi connectivity index (χ0v) is 14.9. The molecule has 1 amide bonds. The Bertz CT molecular complexity index is 1080. The van der Waals surface area contributed by atoms with Gasteiger partial charge in [0.2, 0.25) is 5.91 Å². The van der Waals surface area contributed by atoms with E-state index >= 15 is 0 Å². The van der Waals surface area contributed by atoms with Gasteiger partial charge in [-0.15, -0.1) is 0 Å². The van der Waals surface area contributed by atoms with Crippen molar-refractivity contribution in [1.82, 2.24) is 9.72 Å². The van der Waals surface area contributed by atoms with Gasteiger partial charge in [-0.2, -0.15) is 0 Å². The van der Waals surface area contributed by atoms with Crippen LogP contribution in [0.25, 0.3) is 21.9 Å². The monoisotopic (exact) mass is 347 g/mol. The standard InChI is InChI=1S/C21H21N3O2/c1-14(2)13-24-10-9-15-11-16(7-8-19(15)24)22-21(25)12-18-17-5-3-4-6-20(17)26-23-18/h3-11,14H,12-13H2,1-2H3,(H,22,25). The number of carbonyl (C=O) groups excluding carboxylic acids is 1. The number of fused-ring (bicyclic) bond motifs is 2. The molecule has 0 unspecified atom stereocenters. The van der Waals surface area contributed by atoms with Crippen LogP contribution in [-0.2, 0) is 17.8 Å². The van der Waals surface area contributed by atoms with Crippen molar-refractivity contribution in [2.75, 3.05) is 5.32 Å². The Hall–Kier alpha value is -3.08. The van der Waals surface area contributed by atoms with Crippen molar-refractivity contribution in [3.63, 3.8) is 0 Å². The quantitative estimate of drug-likeness (QED) is 0.573. The van der Waals surface area contributed by atoms with Crippen molar-refractivity contribution in [2.24, 2.45) is 5.92 Å². The van der Waals surface area contributed by atoms with Crippen molar-refractivity contribution in [3.05, 3.63) is 60.4 Å². The third-order valence-corrected chi connectivity index (χ3v) is 4.40. The lowest BCUT2D eigenvalue weighted by Crippen LogP contribution is -2.14. The molecule has 0 bridgehead atoms. The first-order valence-electron chi connectivity index (χ1n) is 8.82. The van der Waals surface area contributed by atoms with Crippen LogP contribution in [0.3, 0.4) is 0 Å². The highest BCUT2D eigenvalue weighted by Gasteiger charge is 2.12. The molecule has 132 valence electrons. The summed E-state index contributed by atoms with van der Waals surface area (Å²) in [7, 11) is 0. The Morgan fingerprint density at radius 1 is 1.19 bits per heavy atom. The summed E-state index contributed by atoms with van der Waals surface area (Å²) in [5, 5.41) is 8.98. The molecule has 2 aromatic heterocycles. The molecule has 26 heavy (non-hydrogen) atoms. The Labute approximate surface area is 151 Å². The van der Waals surface area contributed by atoms with Crippen molar-refractivity contribution in [3.8, 4) is 0 Å². The molecule has 0 atom stereocenters. The van der Waals surface area contributed by atoms with Crippen LogP contribution in [0.2, 0.25) is 0 Å². The molecule has 5 nitrogen and oxygen atoms in total. The molecule has 1 N–H and O–H groups in total. The molecule has 0 radical (unpaired) electrons. The zero-order chi connectivity index (χ0) is 18.1. The van der Waals surface area contributed by atoms with Crippen molar-refractivity contribution in [1.29, 1.82) is 0 Å². The van der Waals surface area contributed by atoms with Gasteiger partial charge >= 0.3 is 0 Å². The highest BCUT2D eigenvalue weighted by atomic mass is 16.5. The van der Waals surface area contributed by atoms with Gasteiger partial charge in [0.25, 0.3) is 0 Å². The maximum atomic E-state index is 12.4. The lowest BCUT2D eigenvalue weighted by atomic mass is 10.1. The SMILES string of the molecule is CC(C)Cn1ccc2cc(NC(=O)Cc3noc4ccccc34)ccc21. The number of rotatable bonds is 5. The van der Waals surface area contributed by atoms with Gasteiger partial charge in [-0.05, 0) is 42.3 Å². The smallest absolute Gasteiger partial charge is 0.230 e. The molecule has 4 aromatic rings. The van der Waals surface area contributed by atoms with E-state index in [9.17, 15) is 4.79 Å². The average Bonchev–Trinajstić information content (AvgIpc) is 3.19. The summed E-state index contributed by atoms with van der Waals surface area (Å²) in [6.07, 6.45) is 2.28. The Balaban J connectivity index is 1.50. The van der Waals surface area contributed by atoms with E-state index in [2.05, 4.69) is 47.2 Å². The Morgan fingerprint density at radius 2 is 2.04 bits per heavy atom. The van der Waals surface area contributed by atoms with Crippen molar-refractivity contribution < 1.29 is 9.32 Å². The average molecular weight is 347 g/mol. The van der Waals surface area contributed by atoms with Crippen LogP contribution in [0.5, 0.6) is 0 Å². The summed E-state index contributed by atoms with van der Waals surface area (Å²) in [5.41, 5.74) is 3.32. The van der Waals surface area contributed by atoms with E-state index in [1.807, 2.05) is 36.4 Å². The molecule has 0 aliphatic heterocycles. The highest BCUT2D eigenvalue weighted by Crippen LogP contribution is 2.22. The molecule has 2 aromatic carbocycles. The van der Waals surface area contributed by atoms with E-state index in [1.54, 1.807) is 0 Å². The number of benzene rings is 2. The van der Waals surface area contributed by atoms with Gasteiger partial charge in [0.05, 0.1) is 6.42 Å². The number of nitrogens with one attached hydrogen (secondary N) is 1. The second-order valence-corrected chi connectivity index (χ2v) is 6.99. The number of anilines is 1. The van der Waals surface area contributed by atoms with E-state index in [-0.39, 0.29) is 12.3 Å². The number of hydrogen-bond donors (Lipinski definition) is 1. The Kier molecular flexibility index (Phi) is 4.21. The number of nitrogens with zero attached hydrogens (tertiary/aromatic N) is 2. The minimum absolute atomic E-state index is 0.106. The molecular weight excluding hydrogens is 326 g/mol. The van der Waals surface area contributed by atoms with Crippen LogP contribution in [0.1, 0.15) is 19.5 Å². The molecule has 5 heteroatoms. The van der Waals surface area contributed by atoms with Crippen LogP contribution >= 0.6 is 0 Å². The number of aromatic nitrogens is 2. The fraction of sp³-hybridized carbons (Fsp3) is 0.238. The van der Waals surface area contributed by atoms with Crippen molar-refractivity contribution >= 4 is 33.5 Å². The summed E-state index contributed by atoms with van der Waals surface area (Å²) in [6, 6.07) is 15.6. The minimum Gasteiger partial charge on any atom is -0.356 e. The molecule has 0 aliphatic carbocycles. The minimum atomic E-state index is -0.106. The second kappa shape index (κ2) is 6.67. The molecule has 2 heterocycles. The number of hydrogen-bond acceptors (Lipinski definition) is 3. The summed E-state index contributed by atoms with van der Waals surface area (Å²) < 4.78 is 7.50. The molecule has 4 rings (SSSR count). The number of amides is 1. The first-order valence-corrected chi connectivity index (χ1v) is 8.82. The van der Waals surface area contributed by atoms with Gasteiger partial charge in [0.1, 0.15) is 5.69 Å². The van der Waals surface area contributed by atoms with Gasteiger partial charge < -0.3 is 14.4 Å². The lowest BCUT2D eigenvalue weighted by Gasteiger charge is -2.09. The fourth-order valence-corrected chi connectivity index (χ4v) is 3.25. The van der Waals surface area contributed by atoms with Crippen LogP contribution in [0.15, 0.2) is 59.3 Å². The van der Waals surface area contributed by atoms with Crippen LogP contribution in [0, 0.1) is 5.92 Å². The van der Waals surface area contributed by atoms with E-state index in [4.69, 9.17) is 4.52 Å². The van der Waals surface area contributed by atoms with E-state index in [0.29, 0.717) is 17.2 Å².